The highest BCUT2D eigenvalue weighted by atomic mass is 16.5. The summed E-state index contributed by atoms with van der Waals surface area (Å²) in [5, 5.41) is 12.8. The van der Waals surface area contributed by atoms with Crippen LogP contribution in [0.5, 0.6) is 5.75 Å². The number of aliphatic imine (C=N–C) groups is 1. The fourth-order valence-electron chi connectivity index (χ4n) is 6.82. The van der Waals surface area contributed by atoms with Crippen LogP contribution in [0.3, 0.4) is 0 Å². The molecule has 1 aliphatic carbocycles. The second-order valence-corrected chi connectivity index (χ2v) is 13.5. The van der Waals surface area contributed by atoms with Crippen LogP contribution in [0.1, 0.15) is 62.1 Å². The Morgan fingerprint density at radius 1 is 0.925 bits per heavy atom. The summed E-state index contributed by atoms with van der Waals surface area (Å²) >= 11 is 0. The lowest BCUT2D eigenvalue weighted by Gasteiger charge is -2.39. The van der Waals surface area contributed by atoms with Gasteiger partial charge in [-0.25, -0.2) is 0 Å². The van der Waals surface area contributed by atoms with Gasteiger partial charge in [0, 0.05) is 42.9 Å². The largest absolute Gasteiger partial charge is 0.496 e. The zero-order chi connectivity index (χ0) is 37.8. The van der Waals surface area contributed by atoms with Crippen molar-refractivity contribution in [2.75, 3.05) is 19.0 Å². The smallest absolute Gasteiger partial charge is 0.247 e. The fourth-order valence-corrected chi connectivity index (χ4v) is 6.82. The minimum atomic E-state index is -1.31. The third-order valence-electron chi connectivity index (χ3n) is 9.64. The molecule has 13 nitrogen and oxygen atoms in total. The lowest BCUT2D eigenvalue weighted by atomic mass is 9.76. The van der Waals surface area contributed by atoms with E-state index in [0.717, 1.165) is 39.8 Å². The van der Waals surface area contributed by atoms with E-state index in [1.807, 2.05) is 79.7 Å². The second kappa shape index (κ2) is 18.1. The number of rotatable bonds is 17. The number of carbonyl (C=O) groups excluding carboxylic acids is 4. The number of methoxy groups -OCH3 is 1. The van der Waals surface area contributed by atoms with Crippen LogP contribution >= 0.6 is 0 Å². The van der Waals surface area contributed by atoms with Crippen LogP contribution in [0, 0.1) is 0 Å². The van der Waals surface area contributed by atoms with Gasteiger partial charge in [0.2, 0.25) is 23.6 Å². The number of amides is 4. The number of hydrogen-bond acceptors (Lipinski definition) is 6. The lowest BCUT2D eigenvalue weighted by molar-refractivity contribution is -0.137. The van der Waals surface area contributed by atoms with E-state index in [0.29, 0.717) is 31.4 Å². The normalized spacial score (nSPS) is 16.0. The quantitative estimate of drug-likeness (QED) is 0.0489. The van der Waals surface area contributed by atoms with Crippen molar-refractivity contribution in [2.45, 2.75) is 82.3 Å². The molecule has 3 aromatic carbocycles. The summed E-state index contributed by atoms with van der Waals surface area (Å²) in [5.74, 6) is -1.03. The molecule has 280 valence electrons. The molecule has 1 heterocycles. The molecule has 1 aromatic heterocycles. The average Bonchev–Trinajstić information content (AvgIpc) is 3.57. The van der Waals surface area contributed by atoms with Crippen LogP contribution in [0.2, 0.25) is 0 Å². The minimum Gasteiger partial charge on any atom is -0.496 e. The van der Waals surface area contributed by atoms with Gasteiger partial charge in [-0.05, 0) is 60.9 Å². The summed E-state index contributed by atoms with van der Waals surface area (Å²) in [6, 6.07) is 20.5. The highest BCUT2D eigenvalue weighted by Crippen LogP contribution is 2.35. The van der Waals surface area contributed by atoms with Gasteiger partial charge in [0.15, 0.2) is 5.96 Å². The van der Waals surface area contributed by atoms with Crippen molar-refractivity contribution in [3.05, 3.63) is 95.7 Å². The monoisotopic (exact) mass is 722 g/mol. The first-order valence-electron chi connectivity index (χ1n) is 18.2. The van der Waals surface area contributed by atoms with Crippen molar-refractivity contribution in [3.63, 3.8) is 0 Å². The van der Waals surface area contributed by atoms with Gasteiger partial charge in [-0.1, -0.05) is 74.0 Å². The van der Waals surface area contributed by atoms with E-state index in [4.69, 9.17) is 16.2 Å². The van der Waals surface area contributed by atoms with E-state index >= 15 is 0 Å². The molecule has 53 heavy (non-hydrogen) atoms. The number of H-pyrrole nitrogens is 1. The summed E-state index contributed by atoms with van der Waals surface area (Å²) in [7, 11) is 1.61. The maximum atomic E-state index is 14.6. The molecule has 13 heteroatoms. The van der Waals surface area contributed by atoms with E-state index in [1.165, 1.54) is 0 Å². The highest BCUT2D eigenvalue weighted by molar-refractivity contribution is 6.05. The molecular formula is C40H50N8O5. The predicted octanol–water partition coefficient (Wildman–Crippen LogP) is 3.62. The Kier molecular flexibility index (Phi) is 13.1. The summed E-state index contributed by atoms with van der Waals surface area (Å²) < 4.78 is 5.60. The molecule has 0 saturated carbocycles. The van der Waals surface area contributed by atoms with Crippen molar-refractivity contribution >= 4 is 46.2 Å². The molecule has 0 radical (unpaired) electrons. The van der Waals surface area contributed by atoms with Gasteiger partial charge >= 0.3 is 0 Å². The van der Waals surface area contributed by atoms with Crippen molar-refractivity contribution in [1.82, 2.24) is 20.9 Å². The standard InChI is InChI=1S/C40H50N8O5/c1-3-4-19-35(49)48-40(21-20-28-27(24-40)14-10-18-34(28)53-2)38(52)47-32(23-26-12-6-5-7-13-26)37(51)45-31(17-11-22-43-39(41)42)36(50)46-33-25-44-30-16-9-8-15-29(30)33/h5-10,12-16,18,25,31-32,44H,3-4,11,17,19-24H2,1-2H3,(H,45,51)(H,46,50)(H,47,52)(H,48,49)(H4,41,42,43). The molecule has 3 atom stereocenters. The first kappa shape index (κ1) is 38.4. The Balaban J connectivity index is 1.42. The van der Waals surface area contributed by atoms with Crippen molar-refractivity contribution in [3.8, 4) is 5.75 Å². The van der Waals surface area contributed by atoms with Gasteiger partial charge in [-0.3, -0.25) is 24.2 Å². The predicted molar refractivity (Wildman–Crippen MR) is 206 cm³/mol. The number of nitrogens with two attached hydrogens (primary N) is 2. The van der Waals surface area contributed by atoms with E-state index in [1.54, 1.807) is 13.3 Å². The molecule has 4 amide bonds. The SMILES string of the molecule is CCCCC(=O)NC1(C(=O)NC(Cc2ccccc2)C(=O)NC(CCCN=C(N)N)C(=O)Nc2c[nH]c3ccccc23)CCc2c(cccc2OC)C1. The second-order valence-electron chi connectivity index (χ2n) is 13.5. The Bertz CT molecular complexity index is 1920. The van der Waals surface area contributed by atoms with Crippen LogP contribution in [0.4, 0.5) is 5.69 Å². The Morgan fingerprint density at radius 2 is 1.70 bits per heavy atom. The third kappa shape index (κ3) is 9.94. The average molecular weight is 723 g/mol. The van der Waals surface area contributed by atoms with E-state index < -0.39 is 35.3 Å². The Labute approximate surface area is 309 Å². The molecule has 0 fully saturated rings. The Hall–Kier alpha value is -5.85. The first-order valence-corrected chi connectivity index (χ1v) is 18.2. The molecule has 0 spiro atoms. The summed E-state index contributed by atoms with van der Waals surface area (Å²) in [6.45, 7) is 2.26. The summed E-state index contributed by atoms with van der Waals surface area (Å²) in [5.41, 5.74) is 13.8. The van der Waals surface area contributed by atoms with Crippen LogP contribution in [0.25, 0.3) is 10.9 Å². The number of nitrogens with one attached hydrogen (secondary N) is 5. The number of anilines is 1. The van der Waals surface area contributed by atoms with Crippen molar-refractivity contribution in [1.29, 1.82) is 0 Å². The molecule has 0 saturated heterocycles. The van der Waals surface area contributed by atoms with Crippen LogP contribution in [0.15, 0.2) is 84.0 Å². The number of aromatic nitrogens is 1. The van der Waals surface area contributed by atoms with Gasteiger partial charge in [0.05, 0.1) is 12.8 Å². The number of para-hydroxylation sites is 1. The van der Waals surface area contributed by atoms with Gasteiger partial charge in [0.1, 0.15) is 23.4 Å². The molecule has 9 N–H and O–H groups in total. The van der Waals surface area contributed by atoms with Crippen molar-refractivity contribution in [2.24, 2.45) is 16.5 Å². The Morgan fingerprint density at radius 3 is 2.45 bits per heavy atom. The van der Waals surface area contributed by atoms with Crippen LogP contribution < -0.4 is 37.5 Å². The zero-order valence-corrected chi connectivity index (χ0v) is 30.4. The first-order chi connectivity index (χ1) is 25.6. The number of carbonyl (C=O) groups is 4. The van der Waals surface area contributed by atoms with Gasteiger partial charge < -0.3 is 42.5 Å². The number of hydrogen-bond donors (Lipinski definition) is 7. The number of fused-ring (bicyclic) bond motifs is 2. The fraction of sp³-hybridized carbons (Fsp3) is 0.375. The maximum Gasteiger partial charge on any atom is 0.247 e. The topological polar surface area (TPSA) is 206 Å². The third-order valence-corrected chi connectivity index (χ3v) is 9.64. The number of benzene rings is 3. The molecule has 1 aliphatic rings. The maximum absolute atomic E-state index is 14.6. The minimum absolute atomic E-state index is 0.0704. The van der Waals surface area contributed by atoms with E-state index in [-0.39, 0.29) is 44.1 Å². The van der Waals surface area contributed by atoms with Crippen LogP contribution in [-0.4, -0.2) is 65.8 Å². The summed E-state index contributed by atoms with van der Waals surface area (Å²) in [4.78, 5) is 63.1. The lowest BCUT2D eigenvalue weighted by Crippen LogP contribution is -2.64. The number of guanidine groups is 1. The van der Waals surface area contributed by atoms with Gasteiger partial charge in [-0.2, -0.15) is 0 Å². The molecule has 0 aliphatic heterocycles. The molecule has 3 unspecified atom stereocenters. The molecule has 4 aromatic rings. The summed E-state index contributed by atoms with van der Waals surface area (Å²) in [6.07, 6.45) is 5.27. The number of ether oxygens (including phenoxy) is 1. The molecule has 0 bridgehead atoms. The van der Waals surface area contributed by atoms with Gasteiger partial charge in [0.25, 0.3) is 0 Å². The zero-order valence-electron chi connectivity index (χ0n) is 30.4. The van der Waals surface area contributed by atoms with E-state index in [2.05, 4.69) is 31.2 Å². The molecular weight excluding hydrogens is 672 g/mol. The van der Waals surface area contributed by atoms with Crippen LogP contribution in [-0.2, 0) is 38.4 Å². The van der Waals surface area contributed by atoms with Gasteiger partial charge in [-0.15, -0.1) is 0 Å². The van der Waals surface area contributed by atoms with Crippen molar-refractivity contribution < 1.29 is 23.9 Å². The number of unbranched alkanes of at least 4 members (excludes halogenated alkanes) is 1. The number of nitrogens with zero attached hydrogens (tertiary/aromatic N) is 1. The van der Waals surface area contributed by atoms with E-state index in [9.17, 15) is 19.2 Å². The number of aromatic amines is 1. The highest BCUT2D eigenvalue weighted by Gasteiger charge is 2.44. The molecule has 5 rings (SSSR count).